The number of amides is 1. The monoisotopic (exact) mass is 308 g/mol. The maximum atomic E-state index is 11.0. The van der Waals surface area contributed by atoms with Crippen molar-refractivity contribution in [1.29, 1.82) is 0 Å². The van der Waals surface area contributed by atoms with Gasteiger partial charge in [-0.25, -0.2) is 0 Å². The molecule has 1 amide bonds. The third-order valence-electron chi connectivity index (χ3n) is 2.69. The number of carbonyl (C=O) groups is 1. The number of nitrogens with one attached hydrogen (secondary N) is 2. The summed E-state index contributed by atoms with van der Waals surface area (Å²) in [5.41, 5.74) is 2.62. The van der Waals surface area contributed by atoms with E-state index < -0.39 is 0 Å². The maximum Gasteiger partial charge on any atom is 0.221 e. The minimum Gasteiger partial charge on any atom is -0.381 e. The zero-order valence-corrected chi connectivity index (χ0v) is 12.4. The molecule has 104 valence electrons. The molecule has 0 spiro atoms. The summed E-state index contributed by atoms with van der Waals surface area (Å²) in [6.07, 6.45) is 0. The first-order valence-corrected chi connectivity index (χ1v) is 6.85. The zero-order chi connectivity index (χ0) is 14.5. The van der Waals surface area contributed by atoms with Crippen molar-refractivity contribution < 1.29 is 4.79 Å². The van der Waals surface area contributed by atoms with Crippen LogP contribution in [-0.4, -0.2) is 5.91 Å². The molecule has 2 rings (SSSR count). The van der Waals surface area contributed by atoms with E-state index in [1.54, 1.807) is 12.1 Å². The highest BCUT2D eigenvalue weighted by atomic mass is 35.5. The Morgan fingerprint density at radius 2 is 1.80 bits per heavy atom. The number of hydrogen-bond donors (Lipinski definition) is 2. The molecule has 0 aliphatic heterocycles. The van der Waals surface area contributed by atoms with Gasteiger partial charge >= 0.3 is 0 Å². The number of benzene rings is 2. The van der Waals surface area contributed by atoms with Crippen LogP contribution < -0.4 is 10.6 Å². The average Bonchev–Trinajstić information content (AvgIpc) is 2.40. The SMILES string of the molecule is CC(=O)Nc1ccc(NCc2ccc(Cl)cc2)cc1Cl. The van der Waals surface area contributed by atoms with Crippen molar-refractivity contribution in [3.8, 4) is 0 Å². The molecular weight excluding hydrogens is 295 g/mol. The highest BCUT2D eigenvalue weighted by Gasteiger charge is 2.03. The van der Waals surface area contributed by atoms with Gasteiger partial charge in [-0.05, 0) is 35.9 Å². The van der Waals surface area contributed by atoms with Crippen molar-refractivity contribution in [3.05, 3.63) is 58.1 Å². The summed E-state index contributed by atoms with van der Waals surface area (Å²) < 4.78 is 0. The van der Waals surface area contributed by atoms with E-state index in [4.69, 9.17) is 23.2 Å². The van der Waals surface area contributed by atoms with Crippen LogP contribution in [0, 0.1) is 0 Å². The molecule has 0 saturated heterocycles. The normalized spacial score (nSPS) is 10.2. The fourth-order valence-electron chi connectivity index (χ4n) is 1.72. The Hall–Kier alpha value is -1.71. The van der Waals surface area contributed by atoms with Gasteiger partial charge in [0, 0.05) is 24.2 Å². The molecule has 0 bridgehead atoms. The summed E-state index contributed by atoms with van der Waals surface area (Å²) in [6.45, 7) is 2.12. The molecule has 20 heavy (non-hydrogen) atoms. The lowest BCUT2D eigenvalue weighted by molar-refractivity contribution is -0.114. The molecule has 2 aromatic rings. The smallest absolute Gasteiger partial charge is 0.221 e. The van der Waals surface area contributed by atoms with Crippen molar-refractivity contribution in [2.45, 2.75) is 13.5 Å². The van der Waals surface area contributed by atoms with E-state index in [0.717, 1.165) is 16.3 Å². The molecule has 0 aliphatic carbocycles. The van der Waals surface area contributed by atoms with Gasteiger partial charge in [0.05, 0.1) is 10.7 Å². The first kappa shape index (κ1) is 14.7. The van der Waals surface area contributed by atoms with Crippen LogP contribution in [0.25, 0.3) is 0 Å². The number of rotatable bonds is 4. The molecule has 0 atom stereocenters. The summed E-state index contributed by atoms with van der Waals surface area (Å²) in [5.74, 6) is -0.145. The summed E-state index contributed by atoms with van der Waals surface area (Å²) >= 11 is 11.9. The van der Waals surface area contributed by atoms with Gasteiger partial charge in [0.2, 0.25) is 5.91 Å². The summed E-state index contributed by atoms with van der Waals surface area (Å²) in [6, 6.07) is 13.0. The molecule has 2 N–H and O–H groups in total. The van der Waals surface area contributed by atoms with E-state index >= 15 is 0 Å². The van der Waals surface area contributed by atoms with Crippen molar-refractivity contribution in [2.24, 2.45) is 0 Å². The third-order valence-corrected chi connectivity index (χ3v) is 3.25. The summed E-state index contributed by atoms with van der Waals surface area (Å²) in [7, 11) is 0. The van der Waals surface area contributed by atoms with Crippen molar-refractivity contribution in [1.82, 2.24) is 0 Å². The molecule has 0 radical (unpaired) electrons. The first-order valence-electron chi connectivity index (χ1n) is 6.10. The maximum absolute atomic E-state index is 11.0. The van der Waals surface area contributed by atoms with Gasteiger partial charge in [0.25, 0.3) is 0 Å². The zero-order valence-electron chi connectivity index (χ0n) is 10.9. The Kier molecular flexibility index (Phi) is 4.88. The van der Waals surface area contributed by atoms with Crippen LogP contribution in [0.1, 0.15) is 12.5 Å². The fraction of sp³-hybridized carbons (Fsp3) is 0.133. The van der Waals surface area contributed by atoms with Gasteiger partial charge in [-0.2, -0.15) is 0 Å². The molecule has 0 fully saturated rings. The largest absolute Gasteiger partial charge is 0.381 e. The summed E-state index contributed by atoms with van der Waals surface area (Å²) in [5, 5.41) is 7.15. The Morgan fingerprint density at radius 1 is 1.10 bits per heavy atom. The number of halogens is 2. The molecule has 0 heterocycles. The Balaban J connectivity index is 2.01. The number of carbonyl (C=O) groups excluding carboxylic acids is 1. The second kappa shape index (κ2) is 6.64. The van der Waals surface area contributed by atoms with Crippen LogP contribution in [-0.2, 0) is 11.3 Å². The van der Waals surface area contributed by atoms with Gasteiger partial charge in [0.1, 0.15) is 0 Å². The van der Waals surface area contributed by atoms with Crippen LogP contribution in [0.5, 0.6) is 0 Å². The van der Waals surface area contributed by atoms with Gasteiger partial charge in [0.15, 0.2) is 0 Å². The Labute approximate surface area is 127 Å². The lowest BCUT2D eigenvalue weighted by Gasteiger charge is -2.10. The van der Waals surface area contributed by atoms with E-state index in [2.05, 4.69) is 10.6 Å². The highest BCUT2D eigenvalue weighted by Crippen LogP contribution is 2.25. The summed E-state index contributed by atoms with van der Waals surface area (Å²) in [4.78, 5) is 11.0. The molecule has 0 saturated carbocycles. The third kappa shape index (κ3) is 4.15. The van der Waals surface area contributed by atoms with Crippen LogP contribution in [0.2, 0.25) is 10.0 Å². The Morgan fingerprint density at radius 3 is 2.40 bits per heavy atom. The van der Waals surface area contributed by atoms with E-state index in [1.807, 2.05) is 30.3 Å². The molecule has 0 aromatic heterocycles. The Bertz CT molecular complexity index is 612. The lowest BCUT2D eigenvalue weighted by atomic mass is 10.2. The van der Waals surface area contributed by atoms with Crippen molar-refractivity contribution in [3.63, 3.8) is 0 Å². The topological polar surface area (TPSA) is 41.1 Å². The van der Waals surface area contributed by atoms with Crippen LogP contribution in [0.3, 0.4) is 0 Å². The quantitative estimate of drug-likeness (QED) is 0.869. The molecule has 3 nitrogen and oxygen atoms in total. The van der Waals surface area contributed by atoms with Crippen molar-refractivity contribution >= 4 is 40.5 Å². The van der Waals surface area contributed by atoms with Gasteiger partial charge in [-0.3, -0.25) is 4.79 Å². The molecule has 0 unspecified atom stereocenters. The number of hydrogen-bond acceptors (Lipinski definition) is 2. The standard InChI is InChI=1S/C15H14Cl2N2O/c1-10(20)19-15-7-6-13(8-14(15)17)18-9-11-2-4-12(16)5-3-11/h2-8,18H,9H2,1H3,(H,19,20). The fourth-order valence-corrected chi connectivity index (χ4v) is 2.08. The molecule has 0 aliphatic rings. The van der Waals surface area contributed by atoms with Crippen LogP contribution >= 0.6 is 23.2 Å². The van der Waals surface area contributed by atoms with Gasteiger partial charge in [-0.15, -0.1) is 0 Å². The number of anilines is 2. The second-order valence-electron chi connectivity index (χ2n) is 4.36. The predicted octanol–water partition coefficient (Wildman–Crippen LogP) is 4.56. The van der Waals surface area contributed by atoms with E-state index in [0.29, 0.717) is 17.3 Å². The van der Waals surface area contributed by atoms with Crippen molar-refractivity contribution in [2.75, 3.05) is 10.6 Å². The molecule has 2 aromatic carbocycles. The minimum atomic E-state index is -0.145. The van der Waals surface area contributed by atoms with Crippen LogP contribution in [0.4, 0.5) is 11.4 Å². The van der Waals surface area contributed by atoms with E-state index in [9.17, 15) is 4.79 Å². The van der Waals surface area contributed by atoms with Gasteiger partial charge in [-0.1, -0.05) is 35.3 Å². The highest BCUT2D eigenvalue weighted by molar-refractivity contribution is 6.34. The van der Waals surface area contributed by atoms with E-state index in [1.165, 1.54) is 6.92 Å². The van der Waals surface area contributed by atoms with E-state index in [-0.39, 0.29) is 5.91 Å². The average molecular weight is 309 g/mol. The van der Waals surface area contributed by atoms with Crippen LogP contribution in [0.15, 0.2) is 42.5 Å². The second-order valence-corrected chi connectivity index (χ2v) is 5.20. The lowest BCUT2D eigenvalue weighted by Crippen LogP contribution is -2.06. The molecule has 5 heteroatoms. The van der Waals surface area contributed by atoms with Gasteiger partial charge < -0.3 is 10.6 Å². The predicted molar refractivity (Wildman–Crippen MR) is 84.5 cm³/mol. The first-order chi connectivity index (χ1) is 9.54. The molecular formula is C15H14Cl2N2O. The minimum absolute atomic E-state index is 0.145.